The van der Waals surface area contributed by atoms with E-state index in [0.29, 0.717) is 32.1 Å². The molecule has 0 radical (unpaired) electrons. The molecule has 8 nitrogen and oxygen atoms in total. The van der Waals surface area contributed by atoms with Crippen LogP contribution in [0, 0.1) is 5.92 Å². The molecule has 0 bridgehead atoms. The average Bonchev–Trinajstić information content (AvgIpc) is 2.48. The smallest absolute Gasteiger partial charge is 0.407 e. The predicted molar refractivity (Wildman–Crippen MR) is 82.9 cm³/mol. The Bertz CT molecular complexity index is 488. The van der Waals surface area contributed by atoms with Crippen LogP contribution < -0.4 is 0 Å². The van der Waals surface area contributed by atoms with Crippen molar-refractivity contribution in [1.29, 1.82) is 0 Å². The number of piperazine rings is 1. The summed E-state index contributed by atoms with van der Waals surface area (Å²) >= 11 is 0. The molecule has 0 aromatic rings. The second-order valence-corrected chi connectivity index (χ2v) is 8.37. The first-order chi connectivity index (χ1) is 10.3. The third-order valence-corrected chi connectivity index (χ3v) is 6.34. The lowest BCUT2D eigenvalue weighted by Gasteiger charge is -2.38. The van der Waals surface area contributed by atoms with E-state index in [1.54, 1.807) is 18.4 Å². The molecule has 1 N–H and O–H groups in total. The van der Waals surface area contributed by atoms with Gasteiger partial charge in [0.2, 0.25) is 0 Å². The normalized spacial score (nSPS) is 25.6. The summed E-state index contributed by atoms with van der Waals surface area (Å²) in [5.74, 6) is 0.319. The predicted octanol–water partition coefficient (Wildman–Crippen LogP) is -0.200. The van der Waals surface area contributed by atoms with Crippen molar-refractivity contribution in [2.75, 3.05) is 59.9 Å². The molecule has 0 spiro atoms. The van der Waals surface area contributed by atoms with Gasteiger partial charge in [0, 0.05) is 59.9 Å². The molecule has 1 atom stereocenters. The van der Waals surface area contributed by atoms with Crippen LogP contribution in [0.25, 0.3) is 0 Å². The van der Waals surface area contributed by atoms with E-state index in [4.69, 9.17) is 5.11 Å². The lowest BCUT2D eigenvalue weighted by atomic mass is 9.99. The second-order valence-electron chi connectivity index (χ2n) is 6.23. The van der Waals surface area contributed by atoms with Crippen LogP contribution in [-0.4, -0.2) is 97.9 Å². The van der Waals surface area contributed by atoms with E-state index >= 15 is 0 Å². The van der Waals surface area contributed by atoms with Crippen molar-refractivity contribution in [3.8, 4) is 0 Å². The van der Waals surface area contributed by atoms with Gasteiger partial charge in [-0.15, -0.1) is 0 Å². The van der Waals surface area contributed by atoms with E-state index in [1.165, 1.54) is 9.21 Å². The molecule has 2 saturated heterocycles. The summed E-state index contributed by atoms with van der Waals surface area (Å²) in [5.41, 5.74) is 0. The standard InChI is InChI=1S/C13H26N4O4S/c1-14(2)22(20,21)17-5-3-4-12(11-17)10-15-6-8-16(9-7-15)13(18)19/h12H,3-11H2,1-2H3,(H,18,19)/t12-/m0/s1. The van der Waals surface area contributed by atoms with Crippen molar-refractivity contribution in [3.05, 3.63) is 0 Å². The van der Waals surface area contributed by atoms with Crippen molar-refractivity contribution < 1.29 is 18.3 Å². The highest BCUT2D eigenvalue weighted by atomic mass is 32.2. The lowest BCUT2D eigenvalue weighted by Crippen LogP contribution is -2.52. The summed E-state index contributed by atoms with van der Waals surface area (Å²) in [6.45, 7) is 4.49. The Morgan fingerprint density at radius 2 is 1.82 bits per heavy atom. The third kappa shape index (κ3) is 4.09. The maximum absolute atomic E-state index is 12.2. The summed E-state index contributed by atoms with van der Waals surface area (Å²) in [6.07, 6.45) is 1.05. The van der Waals surface area contributed by atoms with Gasteiger partial charge in [-0.05, 0) is 18.8 Å². The minimum atomic E-state index is -3.33. The molecule has 22 heavy (non-hydrogen) atoms. The maximum Gasteiger partial charge on any atom is 0.407 e. The summed E-state index contributed by atoms with van der Waals surface area (Å²) < 4.78 is 27.2. The monoisotopic (exact) mass is 334 g/mol. The van der Waals surface area contributed by atoms with Gasteiger partial charge in [-0.3, -0.25) is 4.90 Å². The molecule has 0 aromatic heterocycles. The van der Waals surface area contributed by atoms with Gasteiger partial charge in [0.25, 0.3) is 10.2 Å². The van der Waals surface area contributed by atoms with E-state index in [2.05, 4.69) is 4.90 Å². The van der Waals surface area contributed by atoms with Gasteiger partial charge in [0.05, 0.1) is 0 Å². The first-order valence-corrected chi connectivity index (χ1v) is 9.08. The van der Waals surface area contributed by atoms with Crippen molar-refractivity contribution in [1.82, 2.24) is 18.4 Å². The minimum Gasteiger partial charge on any atom is -0.465 e. The van der Waals surface area contributed by atoms with E-state index < -0.39 is 16.3 Å². The molecular weight excluding hydrogens is 308 g/mol. The fourth-order valence-electron chi connectivity index (χ4n) is 3.10. The molecule has 2 rings (SSSR count). The SMILES string of the molecule is CN(C)S(=O)(=O)N1CCC[C@@H](CN2CCN(C(=O)O)CC2)C1. The largest absolute Gasteiger partial charge is 0.465 e. The van der Waals surface area contributed by atoms with Gasteiger partial charge >= 0.3 is 6.09 Å². The molecule has 1 amide bonds. The van der Waals surface area contributed by atoms with Crippen LogP contribution in [-0.2, 0) is 10.2 Å². The number of hydrogen-bond donors (Lipinski definition) is 1. The summed E-state index contributed by atoms with van der Waals surface area (Å²) in [6, 6.07) is 0. The minimum absolute atomic E-state index is 0.319. The number of nitrogens with zero attached hydrogens (tertiary/aromatic N) is 4. The molecule has 0 aliphatic carbocycles. The zero-order valence-electron chi connectivity index (χ0n) is 13.3. The molecular formula is C13H26N4O4S. The second kappa shape index (κ2) is 7.12. The van der Waals surface area contributed by atoms with E-state index in [1.807, 2.05) is 0 Å². The molecule has 9 heteroatoms. The third-order valence-electron chi connectivity index (χ3n) is 4.43. The van der Waals surface area contributed by atoms with Crippen molar-refractivity contribution in [3.63, 3.8) is 0 Å². The van der Waals surface area contributed by atoms with Crippen molar-refractivity contribution in [2.45, 2.75) is 12.8 Å². The first kappa shape index (κ1) is 17.5. The molecule has 2 heterocycles. The number of carboxylic acid groups (broad SMARTS) is 1. The molecule has 2 aliphatic heterocycles. The summed E-state index contributed by atoms with van der Waals surface area (Å²) in [4.78, 5) is 14.6. The van der Waals surface area contributed by atoms with Crippen LogP contribution in [0.1, 0.15) is 12.8 Å². The Hall–Kier alpha value is -0.900. The highest BCUT2D eigenvalue weighted by Crippen LogP contribution is 2.21. The lowest BCUT2D eigenvalue weighted by molar-refractivity contribution is 0.0910. The Kier molecular flexibility index (Phi) is 5.65. The van der Waals surface area contributed by atoms with Gasteiger partial charge < -0.3 is 10.0 Å². The van der Waals surface area contributed by atoms with Gasteiger partial charge in [-0.25, -0.2) is 4.79 Å². The van der Waals surface area contributed by atoms with Crippen LogP contribution in [0.15, 0.2) is 0 Å². The van der Waals surface area contributed by atoms with Crippen molar-refractivity contribution >= 4 is 16.3 Å². The number of hydrogen-bond acceptors (Lipinski definition) is 4. The fourth-order valence-corrected chi connectivity index (χ4v) is 4.32. The molecule has 2 aliphatic rings. The highest BCUT2D eigenvalue weighted by Gasteiger charge is 2.31. The summed E-state index contributed by atoms with van der Waals surface area (Å²) in [7, 11) is -0.212. The Balaban J connectivity index is 1.85. The van der Waals surface area contributed by atoms with Crippen LogP contribution in [0.3, 0.4) is 0 Å². The van der Waals surface area contributed by atoms with Crippen LogP contribution in [0.5, 0.6) is 0 Å². The quantitative estimate of drug-likeness (QED) is 0.770. The van der Waals surface area contributed by atoms with Crippen molar-refractivity contribution in [2.24, 2.45) is 5.92 Å². The van der Waals surface area contributed by atoms with E-state index in [-0.39, 0.29) is 0 Å². The number of piperidine rings is 1. The molecule has 128 valence electrons. The Morgan fingerprint density at radius 1 is 1.18 bits per heavy atom. The number of carbonyl (C=O) groups is 1. The van der Waals surface area contributed by atoms with Crippen LogP contribution in [0.2, 0.25) is 0 Å². The molecule has 2 fully saturated rings. The Morgan fingerprint density at radius 3 is 2.36 bits per heavy atom. The molecule has 0 saturated carbocycles. The number of amides is 1. The highest BCUT2D eigenvalue weighted by molar-refractivity contribution is 7.86. The Labute approximate surface area is 132 Å². The van der Waals surface area contributed by atoms with Crippen LogP contribution in [0.4, 0.5) is 4.79 Å². The summed E-state index contributed by atoms with van der Waals surface area (Å²) in [5, 5.41) is 8.95. The maximum atomic E-state index is 12.2. The molecule has 0 aromatic carbocycles. The van der Waals surface area contributed by atoms with E-state index in [9.17, 15) is 13.2 Å². The zero-order chi connectivity index (χ0) is 16.3. The van der Waals surface area contributed by atoms with Gasteiger partial charge in [-0.2, -0.15) is 17.0 Å². The number of rotatable bonds is 4. The van der Waals surface area contributed by atoms with Gasteiger partial charge in [-0.1, -0.05) is 0 Å². The van der Waals surface area contributed by atoms with Crippen LogP contribution >= 0.6 is 0 Å². The van der Waals surface area contributed by atoms with E-state index in [0.717, 1.165) is 32.5 Å². The van der Waals surface area contributed by atoms with Gasteiger partial charge in [0.1, 0.15) is 0 Å². The zero-order valence-corrected chi connectivity index (χ0v) is 14.1. The topological polar surface area (TPSA) is 84.4 Å². The first-order valence-electron chi connectivity index (χ1n) is 7.68. The molecule has 0 unspecified atom stereocenters. The average molecular weight is 334 g/mol. The van der Waals surface area contributed by atoms with Gasteiger partial charge in [0.15, 0.2) is 0 Å². The fraction of sp³-hybridized carbons (Fsp3) is 0.923.